The number of amides is 2. The van der Waals surface area contributed by atoms with Crippen LogP contribution >= 0.6 is 0 Å². The number of carbonyl (C=O) groups excluding carboxylic acids is 2. The predicted octanol–water partition coefficient (Wildman–Crippen LogP) is 3.03. The number of hydrogen-bond donors (Lipinski definition) is 2. The molecule has 3 rings (SSSR count). The van der Waals surface area contributed by atoms with Crippen molar-refractivity contribution in [2.45, 2.75) is 19.5 Å². The molecule has 0 fully saturated rings. The highest BCUT2D eigenvalue weighted by Crippen LogP contribution is 2.22. The number of carbonyl (C=O) groups is 2. The van der Waals surface area contributed by atoms with E-state index < -0.39 is 11.8 Å². The predicted molar refractivity (Wildman–Crippen MR) is 91.3 cm³/mol. The van der Waals surface area contributed by atoms with Crippen LogP contribution in [0.3, 0.4) is 0 Å². The molecule has 6 heteroatoms. The first kappa shape index (κ1) is 16.6. The highest BCUT2D eigenvalue weighted by molar-refractivity contribution is 6.35. The summed E-state index contributed by atoms with van der Waals surface area (Å²) in [6.07, 6.45) is 3.12. The van der Waals surface area contributed by atoms with Crippen LogP contribution in [0.25, 0.3) is 11.3 Å². The minimum Gasteiger partial charge on any atom is -0.472 e. The zero-order chi connectivity index (χ0) is 17.6. The molecule has 3 aromatic rings. The number of nitrogens with one attached hydrogen (secondary N) is 2. The Hall–Kier alpha value is -3.28. The summed E-state index contributed by atoms with van der Waals surface area (Å²) in [4.78, 5) is 23.9. The van der Waals surface area contributed by atoms with E-state index in [0.717, 1.165) is 11.1 Å². The molecule has 0 saturated heterocycles. The number of hydrogen-bond acceptors (Lipinski definition) is 4. The maximum Gasteiger partial charge on any atom is 0.309 e. The van der Waals surface area contributed by atoms with Crippen LogP contribution < -0.4 is 10.6 Å². The van der Waals surface area contributed by atoms with E-state index in [0.29, 0.717) is 11.5 Å². The molecule has 0 unspecified atom stereocenters. The van der Waals surface area contributed by atoms with E-state index in [1.165, 1.54) is 0 Å². The van der Waals surface area contributed by atoms with Crippen LogP contribution in [-0.2, 0) is 16.1 Å². The molecule has 0 aliphatic rings. The Morgan fingerprint density at radius 1 is 1.04 bits per heavy atom. The third-order valence-corrected chi connectivity index (χ3v) is 3.74. The molecule has 2 amide bonds. The normalized spacial score (nSPS) is 11.7. The molecular formula is C19H18N2O4. The monoisotopic (exact) mass is 338 g/mol. The van der Waals surface area contributed by atoms with Crippen molar-refractivity contribution in [1.82, 2.24) is 10.6 Å². The molecule has 0 aliphatic carbocycles. The Bertz CT molecular complexity index is 837. The molecule has 25 heavy (non-hydrogen) atoms. The van der Waals surface area contributed by atoms with Crippen LogP contribution in [0, 0.1) is 0 Å². The largest absolute Gasteiger partial charge is 0.472 e. The Morgan fingerprint density at radius 2 is 1.84 bits per heavy atom. The van der Waals surface area contributed by atoms with Gasteiger partial charge >= 0.3 is 11.8 Å². The van der Waals surface area contributed by atoms with E-state index in [1.54, 1.807) is 30.7 Å². The average molecular weight is 338 g/mol. The molecule has 6 nitrogen and oxygen atoms in total. The molecule has 0 saturated carbocycles. The molecule has 128 valence electrons. The fraction of sp³-hybridized carbons (Fsp3) is 0.158. The van der Waals surface area contributed by atoms with Crippen molar-refractivity contribution in [1.29, 1.82) is 0 Å². The second kappa shape index (κ2) is 7.53. The van der Waals surface area contributed by atoms with Crippen LogP contribution in [0.4, 0.5) is 0 Å². The summed E-state index contributed by atoms with van der Waals surface area (Å²) in [6.45, 7) is 1.95. The van der Waals surface area contributed by atoms with E-state index in [2.05, 4.69) is 10.6 Å². The van der Waals surface area contributed by atoms with E-state index in [9.17, 15) is 9.59 Å². The van der Waals surface area contributed by atoms with Gasteiger partial charge in [-0.3, -0.25) is 9.59 Å². The lowest BCUT2D eigenvalue weighted by Gasteiger charge is -2.13. The van der Waals surface area contributed by atoms with E-state index in [4.69, 9.17) is 8.83 Å². The first-order chi connectivity index (χ1) is 12.1. The van der Waals surface area contributed by atoms with Gasteiger partial charge in [0.15, 0.2) is 0 Å². The van der Waals surface area contributed by atoms with Gasteiger partial charge in [0.25, 0.3) is 0 Å². The molecular weight excluding hydrogens is 320 g/mol. The number of rotatable bonds is 5. The van der Waals surface area contributed by atoms with Crippen LogP contribution in [0.1, 0.15) is 24.3 Å². The standard InChI is InChI=1S/C19H18N2O4/c1-13(14-5-3-2-4-6-14)21-19(23)18(22)20-11-16-7-8-17(25-16)15-9-10-24-12-15/h2-10,12-13H,11H2,1H3,(H,20,22)(H,21,23)/t13-/m0/s1. The Labute approximate surface area is 144 Å². The van der Waals surface area contributed by atoms with Gasteiger partial charge in [-0.25, -0.2) is 0 Å². The van der Waals surface area contributed by atoms with Gasteiger partial charge in [0, 0.05) is 0 Å². The van der Waals surface area contributed by atoms with Gasteiger partial charge in [-0.1, -0.05) is 30.3 Å². The van der Waals surface area contributed by atoms with Crippen LogP contribution in [0.5, 0.6) is 0 Å². The summed E-state index contributed by atoms with van der Waals surface area (Å²) in [6, 6.07) is 14.5. The summed E-state index contributed by atoms with van der Waals surface area (Å²) in [5, 5.41) is 5.21. The summed E-state index contributed by atoms with van der Waals surface area (Å²) in [7, 11) is 0. The van der Waals surface area contributed by atoms with Crippen LogP contribution in [-0.4, -0.2) is 11.8 Å². The van der Waals surface area contributed by atoms with E-state index in [1.807, 2.05) is 37.3 Å². The maximum absolute atomic E-state index is 12.0. The van der Waals surface area contributed by atoms with Gasteiger partial charge in [0.2, 0.25) is 0 Å². The van der Waals surface area contributed by atoms with E-state index in [-0.39, 0.29) is 12.6 Å². The second-order valence-corrected chi connectivity index (χ2v) is 5.57. The van der Waals surface area contributed by atoms with Crippen molar-refractivity contribution in [3.63, 3.8) is 0 Å². The molecule has 0 bridgehead atoms. The van der Waals surface area contributed by atoms with Gasteiger partial charge in [-0.05, 0) is 30.7 Å². The lowest BCUT2D eigenvalue weighted by molar-refractivity contribution is -0.139. The fourth-order valence-corrected chi connectivity index (χ4v) is 2.37. The molecule has 0 aliphatic heterocycles. The Balaban J connectivity index is 1.51. The summed E-state index contributed by atoms with van der Waals surface area (Å²) < 4.78 is 10.6. The molecule has 2 aromatic heterocycles. The van der Waals surface area contributed by atoms with Crippen molar-refractivity contribution < 1.29 is 18.4 Å². The quantitative estimate of drug-likeness (QED) is 0.700. The lowest BCUT2D eigenvalue weighted by atomic mass is 10.1. The summed E-state index contributed by atoms with van der Waals surface area (Å²) >= 11 is 0. The smallest absolute Gasteiger partial charge is 0.309 e. The Kier molecular flexibility index (Phi) is 4.99. The van der Waals surface area contributed by atoms with Gasteiger partial charge in [0.05, 0.1) is 24.4 Å². The van der Waals surface area contributed by atoms with Crippen molar-refractivity contribution in [3.8, 4) is 11.3 Å². The van der Waals surface area contributed by atoms with Gasteiger partial charge < -0.3 is 19.5 Å². The zero-order valence-corrected chi connectivity index (χ0v) is 13.7. The third kappa shape index (κ3) is 4.17. The first-order valence-corrected chi connectivity index (χ1v) is 7.88. The molecule has 0 radical (unpaired) electrons. The van der Waals surface area contributed by atoms with Crippen molar-refractivity contribution >= 4 is 11.8 Å². The van der Waals surface area contributed by atoms with Crippen LogP contribution in [0.2, 0.25) is 0 Å². The third-order valence-electron chi connectivity index (χ3n) is 3.74. The zero-order valence-electron chi connectivity index (χ0n) is 13.7. The average Bonchev–Trinajstić information content (AvgIpc) is 3.31. The van der Waals surface area contributed by atoms with Crippen molar-refractivity contribution in [2.24, 2.45) is 0 Å². The molecule has 0 spiro atoms. The van der Waals surface area contributed by atoms with Crippen LogP contribution in [0.15, 0.2) is 69.9 Å². The number of furan rings is 2. The highest BCUT2D eigenvalue weighted by Gasteiger charge is 2.17. The van der Waals surface area contributed by atoms with E-state index >= 15 is 0 Å². The van der Waals surface area contributed by atoms with Crippen molar-refractivity contribution in [2.75, 3.05) is 0 Å². The second-order valence-electron chi connectivity index (χ2n) is 5.57. The highest BCUT2D eigenvalue weighted by atomic mass is 16.3. The van der Waals surface area contributed by atoms with Crippen molar-refractivity contribution in [3.05, 3.63) is 72.4 Å². The van der Waals surface area contributed by atoms with Gasteiger partial charge in [-0.15, -0.1) is 0 Å². The minimum absolute atomic E-state index is 0.129. The summed E-state index contributed by atoms with van der Waals surface area (Å²) in [5.41, 5.74) is 1.74. The molecule has 1 atom stereocenters. The summed E-state index contributed by atoms with van der Waals surface area (Å²) in [5.74, 6) is -0.199. The minimum atomic E-state index is -0.705. The topological polar surface area (TPSA) is 84.5 Å². The van der Waals surface area contributed by atoms with Gasteiger partial charge in [-0.2, -0.15) is 0 Å². The molecule has 2 N–H and O–H groups in total. The lowest BCUT2D eigenvalue weighted by Crippen LogP contribution is -2.40. The first-order valence-electron chi connectivity index (χ1n) is 7.88. The SMILES string of the molecule is C[C@H](NC(=O)C(=O)NCc1ccc(-c2ccoc2)o1)c1ccccc1. The Morgan fingerprint density at radius 3 is 2.56 bits per heavy atom. The van der Waals surface area contributed by atoms with Gasteiger partial charge in [0.1, 0.15) is 17.8 Å². The molecule has 2 heterocycles. The number of benzene rings is 1. The maximum atomic E-state index is 12.0. The fourth-order valence-electron chi connectivity index (χ4n) is 2.37. The molecule has 1 aromatic carbocycles.